The molecule has 0 aliphatic heterocycles. The van der Waals surface area contributed by atoms with Crippen LogP contribution in [-0.2, 0) is 12.8 Å². The van der Waals surface area contributed by atoms with Gasteiger partial charge in [0.25, 0.3) is 0 Å². The van der Waals surface area contributed by atoms with Gasteiger partial charge in [0.1, 0.15) is 11.5 Å². The van der Waals surface area contributed by atoms with Crippen LogP contribution < -0.4 is 0 Å². The van der Waals surface area contributed by atoms with Crippen LogP contribution in [0, 0.1) is 0 Å². The van der Waals surface area contributed by atoms with E-state index in [1.807, 2.05) is 0 Å². The molecule has 0 aromatic heterocycles. The summed E-state index contributed by atoms with van der Waals surface area (Å²) in [5.41, 5.74) is 4.29. The van der Waals surface area contributed by atoms with E-state index in [1.165, 1.54) is 125 Å². The summed E-state index contributed by atoms with van der Waals surface area (Å²) in [7, 11) is 0. The smallest absolute Gasteiger partial charge is 0.122 e. The number of unbranched alkanes of at least 4 members (excludes halogenated alkanes) is 18. The van der Waals surface area contributed by atoms with Gasteiger partial charge in [0, 0.05) is 9.79 Å². The van der Waals surface area contributed by atoms with Crippen LogP contribution in [0.2, 0.25) is 0 Å². The first kappa shape index (κ1) is 39.6. The lowest BCUT2D eigenvalue weighted by atomic mass is 9.96. The van der Waals surface area contributed by atoms with E-state index in [0.29, 0.717) is 11.5 Å². The van der Waals surface area contributed by atoms with Gasteiger partial charge in [-0.2, -0.15) is 0 Å². The van der Waals surface area contributed by atoms with Crippen molar-refractivity contribution in [2.24, 2.45) is 0 Å². The van der Waals surface area contributed by atoms with Crippen molar-refractivity contribution in [2.75, 3.05) is 0 Å². The number of phenols is 2. The van der Waals surface area contributed by atoms with Crippen molar-refractivity contribution in [1.29, 1.82) is 0 Å². The van der Waals surface area contributed by atoms with E-state index < -0.39 is 0 Å². The van der Waals surface area contributed by atoms with E-state index in [0.717, 1.165) is 47.9 Å². The number of hydrogen-bond acceptors (Lipinski definition) is 3. The molecule has 2 N–H and O–H groups in total. The lowest BCUT2D eigenvalue weighted by molar-refractivity contribution is 0.454. The minimum atomic E-state index is 0.273. The molecule has 2 rings (SSSR count). The van der Waals surface area contributed by atoms with Crippen molar-refractivity contribution in [3.8, 4) is 11.5 Å². The first-order chi connectivity index (χ1) is 21.8. The first-order valence-electron chi connectivity index (χ1n) is 19.2. The Bertz CT molecular complexity index is 974. The monoisotopic (exact) mass is 639 g/mol. The molecule has 2 aromatic rings. The Morgan fingerprint density at radius 2 is 0.733 bits per heavy atom. The van der Waals surface area contributed by atoms with Crippen LogP contribution in [0.5, 0.6) is 11.5 Å². The third-order valence-electron chi connectivity index (χ3n) is 9.46. The minimum absolute atomic E-state index is 0.273. The Kier molecular flexibility index (Phi) is 20.8. The van der Waals surface area contributed by atoms with Crippen molar-refractivity contribution < 1.29 is 10.2 Å². The molecule has 2 aromatic carbocycles. The fourth-order valence-corrected chi connectivity index (χ4v) is 7.54. The maximum absolute atomic E-state index is 11.2. The van der Waals surface area contributed by atoms with Gasteiger partial charge in [-0.15, -0.1) is 0 Å². The number of hydrogen-bond donors (Lipinski definition) is 2. The van der Waals surface area contributed by atoms with E-state index in [4.69, 9.17) is 0 Å². The standard InChI is InChI=1S/C42H70O2S/c1-7-9-11-13-15-17-19-21-23-25-27-35-29-37(31-39(33(3)4)41(35)43)45-38-30-36(42(44)40(32-38)34(5)6)28-26-24-22-20-18-16-14-12-10-8-2/h29-34,43-44H,7-28H2,1-6H3. The molecule has 0 saturated carbocycles. The molecule has 0 heterocycles. The summed E-state index contributed by atoms with van der Waals surface area (Å²) in [4.78, 5) is 2.40. The molecule has 0 aliphatic carbocycles. The van der Waals surface area contributed by atoms with Crippen LogP contribution in [0.3, 0.4) is 0 Å². The topological polar surface area (TPSA) is 40.5 Å². The summed E-state index contributed by atoms with van der Waals surface area (Å²) in [5.74, 6) is 1.55. The van der Waals surface area contributed by atoms with E-state index >= 15 is 0 Å². The molecule has 2 nitrogen and oxygen atoms in total. The van der Waals surface area contributed by atoms with E-state index in [2.05, 4.69) is 65.8 Å². The minimum Gasteiger partial charge on any atom is -0.507 e. The highest BCUT2D eigenvalue weighted by Crippen LogP contribution is 2.41. The molecule has 0 bridgehead atoms. The van der Waals surface area contributed by atoms with Gasteiger partial charge in [0.15, 0.2) is 0 Å². The first-order valence-corrected chi connectivity index (χ1v) is 20.0. The fourth-order valence-electron chi connectivity index (χ4n) is 6.50. The number of aryl methyl sites for hydroxylation is 2. The average molecular weight is 639 g/mol. The molecule has 0 atom stereocenters. The number of aromatic hydroxyl groups is 2. The van der Waals surface area contributed by atoms with E-state index in [1.54, 1.807) is 11.8 Å². The van der Waals surface area contributed by atoms with Crippen molar-refractivity contribution in [1.82, 2.24) is 0 Å². The van der Waals surface area contributed by atoms with Crippen molar-refractivity contribution >= 4 is 11.8 Å². The molecule has 0 aliphatic rings. The Balaban J connectivity index is 1.99. The second kappa shape index (κ2) is 23.7. The maximum atomic E-state index is 11.2. The normalized spacial score (nSPS) is 11.7. The highest BCUT2D eigenvalue weighted by Gasteiger charge is 2.17. The van der Waals surface area contributed by atoms with Crippen LogP contribution in [-0.4, -0.2) is 10.2 Å². The van der Waals surface area contributed by atoms with Gasteiger partial charge in [0.05, 0.1) is 0 Å². The molecule has 0 radical (unpaired) electrons. The molecule has 0 fully saturated rings. The second-order valence-corrected chi connectivity index (χ2v) is 15.5. The third kappa shape index (κ3) is 15.7. The summed E-state index contributed by atoms with van der Waals surface area (Å²) in [5, 5.41) is 22.3. The van der Waals surface area contributed by atoms with Crippen LogP contribution in [0.25, 0.3) is 0 Å². The predicted octanol–water partition coefficient (Wildman–Crippen LogP) is 14.4. The molecule has 45 heavy (non-hydrogen) atoms. The third-order valence-corrected chi connectivity index (χ3v) is 10.4. The predicted molar refractivity (Wildman–Crippen MR) is 200 cm³/mol. The Hall–Kier alpha value is -1.61. The van der Waals surface area contributed by atoms with Crippen LogP contribution >= 0.6 is 11.8 Å². The van der Waals surface area contributed by atoms with Gasteiger partial charge in [-0.3, -0.25) is 0 Å². The molecule has 0 spiro atoms. The summed E-state index contributed by atoms with van der Waals surface area (Å²) in [6, 6.07) is 8.83. The zero-order valence-corrected chi connectivity index (χ0v) is 31.1. The molecule has 3 heteroatoms. The van der Waals surface area contributed by atoms with Crippen LogP contribution in [0.4, 0.5) is 0 Å². The number of phenolic OH excluding ortho intramolecular Hbond substituents is 2. The lowest BCUT2D eigenvalue weighted by Crippen LogP contribution is -1.97. The zero-order chi connectivity index (χ0) is 32.9. The Morgan fingerprint density at radius 1 is 0.444 bits per heavy atom. The average Bonchev–Trinajstić information content (AvgIpc) is 3.01. The summed E-state index contributed by atoms with van der Waals surface area (Å²) < 4.78 is 0. The van der Waals surface area contributed by atoms with Crippen molar-refractivity contribution in [2.45, 2.75) is 204 Å². The van der Waals surface area contributed by atoms with E-state index in [9.17, 15) is 10.2 Å². The SMILES string of the molecule is CCCCCCCCCCCCc1cc(Sc2cc(CCCCCCCCCCCC)c(O)c(C(C)C)c2)cc(C(C)C)c1O. The van der Waals surface area contributed by atoms with E-state index in [-0.39, 0.29) is 11.8 Å². The van der Waals surface area contributed by atoms with Crippen LogP contribution in [0.1, 0.15) is 204 Å². The van der Waals surface area contributed by atoms with Gasteiger partial charge >= 0.3 is 0 Å². The lowest BCUT2D eigenvalue weighted by Gasteiger charge is -2.18. The molecular formula is C42H70O2S. The summed E-state index contributed by atoms with van der Waals surface area (Å²) in [6.45, 7) is 13.3. The summed E-state index contributed by atoms with van der Waals surface area (Å²) in [6.07, 6.45) is 28.4. The highest BCUT2D eigenvalue weighted by atomic mass is 32.2. The molecule has 0 unspecified atom stereocenters. The Morgan fingerprint density at radius 3 is 1.02 bits per heavy atom. The fraction of sp³-hybridized carbons (Fsp3) is 0.714. The number of rotatable bonds is 26. The maximum Gasteiger partial charge on any atom is 0.122 e. The molecular weight excluding hydrogens is 569 g/mol. The molecule has 0 amide bonds. The zero-order valence-electron chi connectivity index (χ0n) is 30.3. The summed E-state index contributed by atoms with van der Waals surface area (Å²) >= 11 is 1.79. The van der Waals surface area contributed by atoms with Crippen molar-refractivity contribution in [3.63, 3.8) is 0 Å². The van der Waals surface area contributed by atoms with Gasteiger partial charge in [-0.05, 0) is 84.0 Å². The Labute approximate surface area is 283 Å². The number of benzene rings is 2. The van der Waals surface area contributed by atoms with Crippen molar-refractivity contribution in [3.05, 3.63) is 46.5 Å². The van der Waals surface area contributed by atoms with Gasteiger partial charge < -0.3 is 10.2 Å². The quantitative estimate of drug-likeness (QED) is 0.101. The van der Waals surface area contributed by atoms with Crippen LogP contribution in [0.15, 0.2) is 34.1 Å². The van der Waals surface area contributed by atoms with Gasteiger partial charge in [0.2, 0.25) is 0 Å². The highest BCUT2D eigenvalue weighted by molar-refractivity contribution is 7.99. The second-order valence-electron chi connectivity index (χ2n) is 14.3. The van der Waals surface area contributed by atoms with Gasteiger partial charge in [-0.1, -0.05) is 169 Å². The molecule has 256 valence electrons. The molecule has 0 saturated heterocycles. The van der Waals surface area contributed by atoms with Gasteiger partial charge in [-0.25, -0.2) is 0 Å². The largest absolute Gasteiger partial charge is 0.507 e.